The van der Waals surface area contributed by atoms with Crippen LogP contribution in [0.3, 0.4) is 0 Å². The molecule has 2 rings (SSSR count). The molecule has 124 valence electrons. The molecular weight excluding hydrogens is 328 g/mol. The third-order valence-electron chi connectivity index (χ3n) is 3.07. The Morgan fingerprint density at radius 2 is 1.92 bits per heavy atom. The molecule has 3 N–H and O–H groups in total. The van der Waals surface area contributed by atoms with Crippen LogP contribution in [0.5, 0.6) is 5.75 Å². The molecule has 6 nitrogen and oxygen atoms in total. The zero-order valence-electron chi connectivity index (χ0n) is 12.9. The average molecular weight is 344 g/mol. The van der Waals surface area contributed by atoms with Crippen molar-refractivity contribution in [1.29, 1.82) is 0 Å². The molecule has 0 saturated carbocycles. The molecule has 0 aromatic heterocycles. The lowest BCUT2D eigenvalue weighted by molar-refractivity contribution is -0.121. The lowest BCUT2D eigenvalue weighted by atomic mass is 10.2. The Morgan fingerprint density at radius 1 is 1.17 bits per heavy atom. The number of anilines is 1. The van der Waals surface area contributed by atoms with Crippen LogP contribution in [0.1, 0.15) is 15.9 Å². The second kappa shape index (κ2) is 8.07. The second-order valence-corrected chi connectivity index (χ2v) is 5.35. The van der Waals surface area contributed by atoms with Crippen LogP contribution in [0.2, 0.25) is 0 Å². The molecule has 7 heteroatoms. The first-order valence-electron chi connectivity index (χ1n) is 7.08. The number of para-hydroxylation sites is 1. The first-order chi connectivity index (χ1) is 11.5. The summed E-state index contributed by atoms with van der Waals surface area (Å²) in [6.45, 7) is 1.71. The molecule has 0 aliphatic rings. The first-order valence-corrected chi connectivity index (χ1v) is 7.49. The van der Waals surface area contributed by atoms with E-state index in [-0.39, 0.29) is 17.3 Å². The minimum Gasteiger partial charge on any atom is -0.483 e. The molecule has 0 bridgehead atoms. The van der Waals surface area contributed by atoms with Crippen molar-refractivity contribution in [2.24, 2.45) is 0 Å². The van der Waals surface area contributed by atoms with Gasteiger partial charge in [-0.3, -0.25) is 10.1 Å². The molecule has 0 saturated heterocycles. The van der Waals surface area contributed by atoms with Gasteiger partial charge in [-0.1, -0.05) is 24.3 Å². The van der Waals surface area contributed by atoms with Gasteiger partial charge in [-0.25, -0.2) is 4.79 Å². The third kappa shape index (κ3) is 5.06. The zero-order chi connectivity index (χ0) is 17.5. The van der Waals surface area contributed by atoms with E-state index in [2.05, 4.69) is 10.6 Å². The van der Waals surface area contributed by atoms with Crippen LogP contribution < -0.4 is 15.4 Å². The quantitative estimate of drug-likeness (QED) is 0.723. The monoisotopic (exact) mass is 344 g/mol. The predicted molar refractivity (Wildman–Crippen MR) is 94.4 cm³/mol. The number of carboxylic acid groups (broad SMARTS) is 1. The Hall–Kier alpha value is -2.93. The lowest BCUT2D eigenvalue weighted by Gasteiger charge is -2.11. The minimum absolute atomic E-state index is 0.0657. The van der Waals surface area contributed by atoms with Gasteiger partial charge in [-0.15, -0.1) is 0 Å². The molecule has 0 radical (unpaired) electrons. The van der Waals surface area contributed by atoms with Gasteiger partial charge in [0.05, 0.1) is 5.56 Å². The van der Waals surface area contributed by atoms with Gasteiger partial charge in [0.2, 0.25) is 0 Å². The summed E-state index contributed by atoms with van der Waals surface area (Å²) in [5.74, 6) is -0.828. The van der Waals surface area contributed by atoms with Crippen molar-refractivity contribution in [1.82, 2.24) is 5.32 Å². The summed E-state index contributed by atoms with van der Waals surface area (Å²) in [7, 11) is 0. The number of aromatic carboxylic acids is 1. The van der Waals surface area contributed by atoms with Crippen molar-refractivity contribution >= 4 is 34.9 Å². The van der Waals surface area contributed by atoms with Crippen molar-refractivity contribution in [2.45, 2.75) is 6.92 Å². The fourth-order valence-corrected chi connectivity index (χ4v) is 2.15. The number of aryl methyl sites for hydroxylation is 1. The molecule has 24 heavy (non-hydrogen) atoms. The van der Waals surface area contributed by atoms with E-state index in [9.17, 15) is 9.59 Å². The highest BCUT2D eigenvalue weighted by atomic mass is 32.1. The van der Waals surface area contributed by atoms with Gasteiger partial charge in [-0.2, -0.15) is 0 Å². The Kier molecular flexibility index (Phi) is 5.86. The number of amides is 1. The number of benzene rings is 2. The van der Waals surface area contributed by atoms with Gasteiger partial charge in [0.1, 0.15) is 5.75 Å². The van der Waals surface area contributed by atoms with Crippen molar-refractivity contribution in [3.63, 3.8) is 0 Å². The van der Waals surface area contributed by atoms with Gasteiger partial charge in [0, 0.05) is 5.69 Å². The highest BCUT2D eigenvalue weighted by molar-refractivity contribution is 7.80. The Labute approximate surface area is 144 Å². The van der Waals surface area contributed by atoms with E-state index in [0.717, 1.165) is 5.56 Å². The number of carbonyl (C=O) groups is 2. The van der Waals surface area contributed by atoms with Gasteiger partial charge in [-0.05, 0) is 49.0 Å². The van der Waals surface area contributed by atoms with E-state index in [0.29, 0.717) is 11.4 Å². The molecule has 2 aromatic rings. The number of hydrogen-bond acceptors (Lipinski definition) is 4. The molecule has 0 unspecified atom stereocenters. The molecule has 2 aromatic carbocycles. The maximum Gasteiger partial charge on any atom is 0.335 e. The third-order valence-corrected chi connectivity index (χ3v) is 3.28. The Morgan fingerprint density at radius 3 is 2.62 bits per heavy atom. The van der Waals surface area contributed by atoms with Crippen LogP contribution in [0, 0.1) is 6.92 Å². The molecule has 0 spiro atoms. The van der Waals surface area contributed by atoms with E-state index in [1.165, 1.54) is 12.1 Å². The van der Waals surface area contributed by atoms with E-state index in [4.69, 9.17) is 22.1 Å². The molecule has 0 aliphatic heterocycles. The normalized spacial score (nSPS) is 9.88. The number of carboxylic acids is 1. The molecule has 0 aliphatic carbocycles. The molecular formula is C17H16N2O4S. The molecule has 0 atom stereocenters. The smallest absolute Gasteiger partial charge is 0.335 e. The highest BCUT2D eigenvalue weighted by Crippen LogP contribution is 2.15. The molecule has 0 heterocycles. The molecule has 1 amide bonds. The minimum atomic E-state index is -1.04. The Balaban J connectivity index is 1.86. The summed E-state index contributed by atoms with van der Waals surface area (Å²) >= 11 is 5.03. The fourth-order valence-electron chi connectivity index (χ4n) is 1.92. The van der Waals surface area contributed by atoms with E-state index in [1.807, 2.05) is 25.1 Å². The molecule has 0 fully saturated rings. The number of nitrogens with one attached hydrogen (secondary N) is 2. The SMILES string of the molecule is Cc1ccccc1OCC(=O)NC(=S)Nc1cccc(C(=O)O)c1. The standard InChI is InChI=1S/C17H16N2O4S/c1-11-5-2-3-8-14(11)23-10-15(20)19-17(24)18-13-7-4-6-12(9-13)16(21)22/h2-9H,10H2,1H3,(H,21,22)(H2,18,19,20,24). The summed E-state index contributed by atoms with van der Waals surface area (Å²) < 4.78 is 5.42. The number of hydrogen-bond donors (Lipinski definition) is 3. The fraction of sp³-hybridized carbons (Fsp3) is 0.118. The van der Waals surface area contributed by atoms with E-state index in [1.54, 1.807) is 18.2 Å². The van der Waals surface area contributed by atoms with Gasteiger partial charge in [0.25, 0.3) is 5.91 Å². The van der Waals surface area contributed by atoms with Crippen LogP contribution in [0.4, 0.5) is 5.69 Å². The number of ether oxygens (including phenoxy) is 1. The first kappa shape index (κ1) is 17.4. The van der Waals surface area contributed by atoms with Crippen LogP contribution in [0.15, 0.2) is 48.5 Å². The maximum atomic E-state index is 11.8. The zero-order valence-corrected chi connectivity index (χ0v) is 13.7. The largest absolute Gasteiger partial charge is 0.483 e. The van der Waals surface area contributed by atoms with Crippen molar-refractivity contribution in [3.8, 4) is 5.75 Å². The van der Waals surface area contributed by atoms with Gasteiger partial charge >= 0.3 is 5.97 Å². The number of carbonyl (C=O) groups excluding carboxylic acids is 1. The topological polar surface area (TPSA) is 87.7 Å². The summed E-state index contributed by atoms with van der Waals surface area (Å²) in [5.41, 5.74) is 1.52. The lowest BCUT2D eigenvalue weighted by Crippen LogP contribution is -2.37. The van der Waals surface area contributed by atoms with E-state index >= 15 is 0 Å². The summed E-state index contributed by atoms with van der Waals surface area (Å²) in [6.07, 6.45) is 0. The van der Waals surface area contributed by atoms with Gasteiger partial charge in [0.15, 0.2) is 11.7 Å². The highest BCUT2D eigenvalue weighted by Gasteiger charge is 2.08. The van der Waals surface area contributed by atoms with Crippen LogP contribution in [-0.4, -0.2) is 28.7 Å². The van der Waals surface area contributed by atoms with E-state index < -0.39 is 11.9 Å². The van der Waals surface area contributed by atoms with Crippen LogP contribution >= 0.6 is 12.2 Å². The van der Waals surface area contributed by atoms with Crippen molar-refractivity contribution in [2.75, 3.05) is 11.9 Å². The van der Waals surface area contributed by atoms with Gasteiger partial charge < -0.3 is 15.2 Å². The second-order valence-electron chi connectivity index (χ2n) is 4.94. The number of rotatable bonds is 5. The van der Waals surface area contributed by atoms with Crippen molar-refractivity contribution < 1.29 is 19.4 Å². The maximum absolute atomic E-state index is 11.8. The summed E-state index contributed by atoms with van der Waals surface area (Å²) in [6, 6.07) is 13.5. The summed E-state index contributed by atoms with van der Waals surface area (Å²) in [5, 5.41) is 14.2. The van der Waals surface area contributed by atoms with Crippen molar-refractivity contribution in [3.05, 3.63) is 59.7 Å². The average Bonchev–Trinajstić information content (AvgIpc) is 2.54. The van der Waals surface area contributed by atoms with Crippen LogP contribution in [0.25, 0.3) is 0 Å². The summed E-state index contributed by atoms with van der Waals surface area (Å²) in [4.78, 5) is 22.8. The van der Waals surface area contributed by atoms with Crippen LogP contribution in [-0.2, 0) is 4.79 Å². The predicted octanol–water partition coefficient (Wildman–Crippen LogP) is 2.59. The Bertz CT molecular complexity index is 777. The number of thiocarbonyl (C=S) groups is 1.